The Morgan fingerprint density at radius 2 is 1.38 bits per heavy atom. The van der Waals surface area contributed by atoms with Gasteiger partial charge in [-0.1, -0.05) is 41.0 Å². The van der Waals surface area contributed by atoms with Crippen LogP contribution in [0.2, 0.25) is 0 Å². The zero-order valence-electron chi connectivity index (χ0n) is 9.98. The summed E-state index contributed by atoms with van der Waals surface area (Å²) in [6.07, 6.45) is 5.07. The van der Waals surface area contributed by atoms with E-state index >= 15 is 0 Å². The Balaban J connectivity index is 3.74. The van der Waals surface area contributed by atoms with Gasteiger partial charge in [-0.3, -0.25) is 0 Å². The van der Waals surface area contributed by atoms with Crippen LogP contribution in [0.5, 0.6) is 0 Å². The first-order valence-corrected chi connectivity index (χ1v) is 5.55. The summed E-state index contributed by atoms with van der Waals surface area (Å²) in [5.74, 6) is 0. The Labute approximate surface area is 83.5 Å². The van der Waals surface area contributed by atoms with E-state index in [4.69, 9.17) is 0 Å². The molecule has 0 aliphatic rings. The third-order valence-electron chi connectivity index (χ3n) is 2.89. The fourth-order valence-electron chi connectivity index (χ4n) is 1.55. The van der Waals surface area contributed by atoms with Gasteiger partial charge >= 0.3 is 0 Å². The van der Waals surface area contributed by atoms with Crippen molar-refractivity contribution < 1.29 is 5.11 Å². The van der Waals surface area contributed by atoms with Crippen LogP contribution >= 0.6 is 0 Å². The molecule has 0 bridgehead atoms. The Hall–Kier alpha value is -0.0400. The SMILES string of the molecule is CCC(O)(CC)CCCC(C)(C)C. The lowest BCUT2D eigenvalue weighted by molar-refractivity contribution is 0.0192. The molecule has 0 fully saturated rings. The Kier molecular flexibility index (Phi) is 4.98. The van der Waals surface area contributed by atoms with E-state index in [1.165, 1.54) is 6.42 Å². The van der Waals surface area contributed by atoms with Crippen LogP contribution in [0.1, 0.15) is 66.7 Å². The topological polar surface area (TPSA) is 20.2 Å². The third-order valence-corrected chi connectivity index (χ3v) is 2.89. The highest BCUT2D eigenvalue weighted by molar-refractivity contribution is 4.75. The second-order valence-corrected chi connectivity index (χ2v) is 5.35. The minimum Gasteiger partial charge on any atom is -0.390 e. The minimum absolute atomic E-state index is 0.398. The van der Waals surface area contributed by atoms with Crippen molar-refractivity contribution in [2.24, 2.45) is 5.41 Å². The predicted molar refractivity (Wildman–Crippen MR) is 58.8 cm³/mol. The number of hydrogen-bond donors (Lipinski definition) is 1. The molecule has 0 atom stereocenters. The van der Waals surface area contributed by atoms with Gasteiger partial charge in [0.1, 0.15) is 0 Å². The molecule has 1 heteroatoms. The number of aliphatic hydroxyl groups is 1. The van der Waals surface area contributed by atoms with E-state index in [1.54, 1.807) is 0 Å². The standard InChI is InChI=1S/C12H26O/c1-6-12(13,7-2)10-8-9-11(3,4)5/h13H,6-10H2,1-5H3. The number of rotatable bonds is 5. The molecule has 0 heterocycles. The molecule has 1 N–H and O–H groups in total. The van der Waals surface area contributed by atoms with Gasteiger partial charge in [0.05, 0.1) is 5.60 Å². The molecule has 0 unspecified atom stereocenters. The summed E-state index contributed by atoms with van der Waals surface area (Å²) in [4.78, 5) is 0. The van der Waals surface area contributed by atoms with E-state index in [0.29, 0.717) is 5.41 Å². The first kappa shape index (κ1) is 13.0. The summed E-state index contributed by atoms with van der Waals surface area (Å²) < 4.78 is 0. The smallest absolute Gasteiger partial charge is 0.0642 e. The van der Waals surface area contributed by atoms with Crippen molar-refractivity contribution in [3.05, 3.63) is 0 Å². The van der Waals surface area contributed by atoms with Gasteiger partial charge in [-0.15, -0.1) is 0 Å². The minimum atomic E-state index is -0.398. The number of hydrogen-bond acceptors (Lipinski definition) is 1. The van der Waals surface area contributed by atoms with Crippen LogP contribution < -0.4 is 0 Å². The molecule has 0 aliphatic carbocycles. The Bertz CT molecular complexity index is 129. The van der Waals surface area contributed by atoms with E-state index in [9.17, 15) is 5.11 Å². The Morgan fingerprint density at radius 3 is 1.69 bits per heavy atom. The molecule has 0 aromatic rings. The highest BCUT2D eigenvalue weighted by atomic mass is 16.3. The zero-order valence-corrected chi connectivity index (χ0v) is 9.98. The Morgan fingerprint density at radius 1 is 0.923 bits per heavy atom. The van der Waals surface area contributed by atoms with Gasteiger partial charge in [0, 0.05) is 0 Å². The van der Waals surface area contributed by atoms with Crippen molar-refractivity contribution >= 4 is 0 Å². The van der Waals surface area contributed by atoms with Crippen molar-refractivity contribution in [1.82, 2.24) is 0 Å². The maximum Gasteiger partial charge on any atom is 0.0642 e. The van der Waals surface area contributed by atoms with Crippen molar-refractivity contribution in [3.63, 3.8) is 0 Å². The summed E-state index contributed by atoms with van der Waals surface area (Å²) in [7, 11) is 0. The fourth-order valence-corrected chi connectivity index (χ4v) is 1.55. The van der Waals surface area contributed by atoms with Crippen LogP contribution in [0.4, 0.5) is 0 Å². The fraction of sp³-hybridized carbons (Fsp3) is 1.00. The van der Waals surface area contributed by atoms with Crippen LogP contribution in [0.15, 0.2) is 0 Å². The average molecular weight is 186 g/mol. The average Bonchev–Trinajstić information content (AvgIpc) is 2.02. The van der Waals surface area contributed by atoms with Crippen LogP contribution in [0.3, 0.4) is 0 Å². The van der Waals surface area contributed by atoms with Crippen LogP contribution in [0.25, 0.3) is 0 Å². The molecular weight excluding hydrogens is 160 g/mol. The molecule has 13 heavy (non-hydrogen) atoms. The molecule has 80 valence electrons. The van der Waals surface area contributed by atoms with Crippen molar-refractivity contribution in [1.29, 1.82) is 0 Å². The quantitative estimate of drug-likeness (QED) is 0.693. The molecule has 0 spiro atoms. The van der Waals surface area contributed by atoms with Gasteiger partial charge in [-0.05, 0) is 31.1 Å². The first-order valence-electron chi connectivity index (χ1n) is 5.55. The van der Waals surface area contributed by atoms with Crippen molar-refractivity contribution in [2.45, 2.75) is 72.3 Å². The predicted octanol–water partition coefficient (Wildman–Crippen LogP) is 3.75. The van der Waals surface area contributed by atoms with Gasteiger partial charge in [0.15, 0.2) is 0 Å². The van der Waals surface area contributed by atoms with E-state index in [1.807, 2.05) is 0 Å². The molecule has 0 rings (SSSR count). The summed E-state index contributed by atoms with van der Waals surface area (Å²) in [6.45, 7) is 10.9. The second-order valence-electron chi connectivity index (χ2n) is 5.35. The van der Waals surface area contributed by atoms with Crippen LogP contribution in [0, 0.1) is 5.41 Å². The lowest BCUT2D eigenvalue weighted by Crippen LogP contribution is -2.26. The summed E-state index contributed by atoms with van der Waals surface area (Å²) in [5.41, 5.74) is 0.00758. The second kappa shape index (κ2) is 4.99. The maximum absolute atomic E-state index is 10.0. The summed E-state index contributed by atoms with van der Waals surface area (Å²) in [6, 6.07) is 0. The largest absolute Gasteiger partial charge is 0.390 e. The highest BCUT2D eigenvalue weighted by Gasteiger charge is 2.22. The molecule has 0 aromatic carbocycles. The van der Waals surface area contributed by atoms with Crippen molar-refractivity contribution in [3.8, 4) is 0 Å². The summed E-state index contributed by atoms with van der Waals surface area (Å²) >= 11 is 0. The molecule has 0 radical (unpaired) electrons. The normalized spacial score (nSPS) is 13.4. The molecular formula is C12H26O. The van der Waals surface area contributed by atoms with Gasteiger partial charge < -0.3 is 5.11 Å². The van der Waals surface area contributed by atoms with Gasteiger partial charge in [-0.25, -0.2) is 0 Å². The summed E-state index contributed by atoms with van der Waals surface area (Å²) in [5, 5.41) is 10.0. The van der Waals surface area contributed by atoms with Crippen LogP contribution in [-0.4, -0.2) is 10.7 Å². The molecule has 0 amide bonds. The van der Waals surface area contributed by atoms with Gasteiger partial charge in [0.25, 0.3) is 0 Å². The molecule has 0 saturated carbocycles. The van der Waals surface area contributed by atoms with E-state index in [0.717, 1.165) is 25.7 Å². The van der Waals surface area contributed by atoms with Crippen molar-refractivity contribution in [2.75, 3.05) is 0 Å². The van der Waals surface area contributed by atoms with Crippen LogP contribution in [-0.2, 0) is 0 Å². The lowest BCUT2D eigenvalue weighted by atomic mass is 9.85. The zero-order chi connectivity index (χ0) is 10.5. The third kappa shape index (κ3) is 6.09. The lowest BCUT2D eigenvalue weighted by Gasteiger charge is -2.27. The monoisotopic (exact) mass is 186 g/mol. The van der Waals surface area contributed by atoms with E-state index < -0.39 is 5.60 Å². The maximum atomic E-state index is 10.0. The molecule has 0 aliphatic heterocycles. The molecule has 1 nitrogen and oxygen atoms in total. The first-order chi connectivity index (χ1) is 5.83. The van der Waals surface area contributed by atoms with Gasteiger partial charge in [-0.2, -0.15) is 0 Å². The van der Waals surface area contributed by atoms with Gasteiger partial charge in [0.2, 0.25) is 0 Å². The molecule has 0 aromatic heterocycles. The highest BCUT2D eigenvalue weighted by Crippen LogP contribution is 2.27. The molecule has 0 saturated heterocycles. The van der Waals surface area contributed by atoms with E-state index in [2.05, 4.69) is 34.6 Å². The van der Waals surface area contributed by atoms with E-state index in [-0.39, 0.29) is 0 Å².